The molecule has 1 aromatic heterocycles. The van der Waals surface area contributed by atoms with Crippen molar-refractivity contribution in [1.29, 1.82) is 0 Å². The number of benzene rings is 2. The SMILES string of the molecule is CC(C)c1noc(CCC(=O)N2Cc3ccccc3NCC[C@@H]3CC[C@H](C2)N3Cc2ccccc2)n1. The zero-order valence-electron chi connectivity index (χ0n) is 21.4. The summed E-state index contributed by atoms with van der Waals surface area (Å²) in [6.07, 6.45) is 4.22. The van der Waals surface area contributed by atoms with Gasteiger partial charge in [-0.25, -0.2) is 0 Å². The first-order valence-electron chi connectivity index (χ1n) is 13.3. The average molecular weight is 488 g/mol. The summed E-state index contributed by atoms with van der Waals surface area (Å²) in [5.41, 5.74) is 3.62. The van der Waals surface area contributed by atoms with Crippen LogP contribution in [0.3, 0.4) is 0 Å². The second-order valence-corrected chi connectivity index (χ2v) is 10.4. The van der Waals surface area contributed by atoms with Crippen LogP contribution in [-0.2, 0) is 24.3 Å². The molecule has 2 bridgehead atoms. The molecule has 190 valence electrons. The van der Waals surface area contributed by atoms with E-state index >= 15 is 0 Å². The Hall–Kier alpha value is -3.19. The Morgan fingerprint density at radius 2 is 1.83 bits per heavy atom. The van der Waals surface area contributed by atoms with E-state index in [1.807, 2.05) is 13.8 Å². The minimum Gasteiger partial charge on any atom is -0.385 e. The molecule has 1 N–H and O–H groups in total. The Morgan fingerprint density at radius 1 is 1.06 bits per heavy atom. The molecule has 7 heteroatoms. The summed E-state index contributed by atoms with van der Waals surface area (Å²) in [7, 11) is 0. The van der Waals surface area contributed by atoms with E-state index in [9.17, 15) is 4.79 Å². The molecule has 2 aromatic carbocycles. The van der Waals surface area contributed by atoms with Gasteiger partial charge < -0.3 is 14.7 Å². The lowest BCUT2D eigenvalue weighted by molar-refractivity contribution is -0.132. The summed E-state index contributed by atoms with van der Waals surface area (Å²) in [4.78, 5) is 22.8. The minimum absolute atomic E-state index is 0.136. The first-order chi connectivity index (χ1) is 17.6. The van der Waals surface area contributed by atoms with E-state index in [4.69, 9.17) is 4.52 Å². The van der Waals surface area contributed by atoms with Crippen molar-refractivity contribution in [2.75, 3.05) is 18.4 Å². The molecule has 0 radical (unpaired) electrons. The molecule has 36 heavy (non-hydrogen) atoms. The monoisotopic (exact) mass is 487 g/mol. The second-order valence-electron chi connectivity index (χ2n) is 10.4. The third-order valence-electron chi connectivity index (χ3n) is 7.49. The Balaban J connectivity index is 1.36. The van der Waals surface area contributed by atoms with Crippen LogP contribution in [0.4, 0.5) is 5.69 Å². The Bertz CT molecular complexity index is 1150. The summed E-state index contributed by atoms with van der Waals surface area (Å²) in [5, 5.41) is 7.71. The smallest absolute Gasteiger partial charge is 0.227 e. The van der Waals surface area contributed by atoms with Crippen LogP contribution in [-0.4, -0.2) is 51.0 Å². The summed E-state index contributed by atoms with van der Waals surface area (Å²) in [6, 6.07) is 19.9. The van der Waals surface area contributed by atoms with Crippen LogP contribution in [0.15, 0.2) is 59.1 Å². The van der Waals surface area contributed by atoms with Gasteiger partial charge in [-0.05, 0) is 36.5 Å². The Morgan fingerprint density at radius 3 is 2.64 bits per heavy atom. The van der Waals surface area contributed by atoms with E-state index < -0.39 is 0 Å². The van der Waals surface area contributed by atoms with Gasteiger partial charge in [0, 0.05) is 62.7 Å². The molecular weight excluding hydrogens is 450 g/mol. The van der Waals surface area contributed by atoms with Crippen LogP contribution >= 0.6 is 0 Å². The summed E-state index contributed by atoms with van der Waals surface area (Å²) in [5.74, 6) is 1.58. The van der Waals surface area contributed by atoms with Crippen molar-refractivity contribution >= 4 is 11.6 Å². The topological polar surface area (TPSA) is 74.5 Å². The number of hydrogen-bond donors (Lipinski definition) is 1. The third-order valence-corrected chi connectivity index (χ3v) is 7.49. The molecular formula is C29H37N5O2. The summed E-state index contributed by atoms with van der Waals surface area (Å²) < 4.78 is 5.40. The predicted octanol–water partition coefficient (Wildman–Crippen LogP) is 5.00. The maximum Gasteiger partial charge on any atom is 0.227 e. The van der Waals surface area contributed by atoms with E-state index in [1.54, 1.807) is 0 Å². The van der Waals surface area contributed by atoms with Crippen molar-refractivity contribution in [2.24, 2.45) is 0 Å². The molecule has 3 aromatic rings. The number of aromatic nitrogens is 2. The van der Waals surface area contributed by atoms with Gasteiger partial charge in [0.15, 0.2) is 5.82 Å². The third kappa shape index (κ3) is 5.78. The summed E-state index contributed by atoms with van der Waals surface area (Å²) >= 11 is 0. The molecule has 7 nitrogen and oxygen atoms in total. The van der Waals surface area contributed by atoms with Gasteiger partial charge >= 0.3 is 0 Å². The molecule has 0 unspecified atom stereocenters. The van der Waals surface area contributed by atoms with Gasteiger partial charge in [-0.3, -0.25) is 9.69 Å². The Labute approximate surface area is 213 Å². The van der Waals surface area contributed by atoms with Gasteiger partial charge in [0.25, 0.3) is 0 Å². The number of para-hydroxylation sites is 1. The fraction of sp³-hybridized carbons (Fsp3) is 0.483. The number of carbonyl (C=O) groups excluding carboxylic acids is 1. The number of hydrogen-bond acceptors (Lipinski definition) is 6. The van der Waals surface area contributed by atoms with E-state index in [0.717, 1.165) is 43.7 Å². The lowest BCUT2D eigenvalue weighted by atomic mass is 10.1. The fourth-order valence-electron chi connectivity index (χ4n) is 5.47. The maximum absolute atomic E-state index is 13.6. The molecule has 0 spiro atoms. The lowest BCUT2D eigenvalue weighted by Gasteiger charge is -2.34. The molecule has 5 rings (SSSR count). The second kappa shape index (κ2) is 11.2. The van der Waals surface area contributed by atoms with Crippen molar-refractivity contribution < 1.29 is 9.32 Å². The van der Waals surface area contributed by atoms with E-state index in [2.05, 4.69) is 79.9 Å². The maximum atomic E-state index is 13.6. The number of nitrogens with zero attached hydrogens (tertiary/aromatic N) is 4. The highest BCUT2D eigenvalue weighted by Gasteiger charge is 2.35. The zero-order valence-corrected chi connectivity index (χ0v) is 21.4. The lowest BCUT2D eigenvalue weighted by Crippen LogP contribution is -2.44. The molecule has 2 aliphatic rings. The highest BCUT2D eigenvalue weighted by Crippen LogP contribution is 2.31. The van der Waals surface area contributed by atoms with Crippen LogP contribution in [0.5, 0.6) is 0 Å². The van der Waals surface area contributed by atoms with E-state index in [-0.39, 0.29) is 11.8 Å². The fourth-order valence-corrected chi connectivity index (χ4v) is 5.47. The minimum atomic E-state index is 0.136. The van der Waals surface area contributed by atoms with Gasteiger partial charge in [-0.15, -0.1) is 0 Å². The van der Waals surface area contributed by atoms with Crippen molar-refractivity contribution in [2.45, 2.75) is 77.0 Å². The van der Waals surface area contributed by atoms with E-state index in [1.165, 1.54) is 12.0 Å². The number of anilines is 1. The van der Waals surface area contributed by atoms with Gasteiger partial charge in [-0.2, -0.15) is 4.98 Å². The van der Waals surface area contributed by atoms with E-state index in [0.29, 0.717) is 43.2 Å². The highest BCUT2D eigenvalue weighted by molar-refractivity contribution is 5.76. The quantitative estimate of drug-likeness (QED) is 0.527. The van der Waals surface area contributed by atoms with Crippen LogP contribution in [0.1, 0.15) is 68.3 Å². The molecule has 2 aliphatic heterocycles. The predicted molar refractivity (Wildman–Crippen MR) is 140 cm³/mol. The van der Waals surface area contributed by atoms with Crippen molar-refractivity contribution in [3.8, 4) is 0 Å². The molecule has 2 atom stereocenters. The highest BCUT2D eigenvalue weighted by atomic mass is 16.5. The van der Waals surface area contributed by atoms with Crippen molar-refractivity contribution in [3.05, 3.63) is 77.4 Å². The molecule has 1 amide bonds. The molecule has 0 aliphatic carbocycles. The number of carbonyl (C=O) groups is 1. The largest absolute Gasteiger partial charge is 0.385 e. The standard InChI is InChI=1S/C29H37N5O2/c1-21(2)29-31-27(36-32-29)14-15-28(35)33-19-23-10-6-7-11-26(23)30-17-16-24-12-13-25(20-33)34(24)18-22-8-4-3-5-9-22/h3-11,21,24-25,30H,12-20H2,1-2H3/t24-,25+/m0/s1. The van der Waals surface area contributed by atoms with Crippen LogP contribution < -0.4 is 5.32 Å². The summed E-state index contributed by atoms with van der Waals surface area (Å²) in [6.45, 7) is 7.26. The van der Waals surface area contributed by atoms with Crippen LogP contribution in [0.25, 0.3) is 0 Å². The molecule has 3 heterocycles. The van der Waals surface area contributed by atoms with Crippen LogP contribution in [0.2, 0.25) is 0 Å². The van der Waals surface area contributed by atoms with Gasteiger partial charge in [-0.1, -0.05) is 67.5 Å². The Kier molecular flexibility index (Phi) is 7.66. The number of fused-ring (bicyclic) bond motifs is 3. The average Bonchev–Trinajstić information content (AvgIpc) is 3.50. The van der Waals surface area contributed by atoms with Crippen molar-refractivity contribution in [3.63, 3.8) is 0 Å². The normalized spacial score (nSPS) is 20.6. The molecule has 1 fully saturated rings. The zero-order chi connectivity index (χ0) is 24.9. The van der Waals surface area contributed by atoms with Gasteiger partial charge in [0.1, 0.15) is 0 Å². The van der Waals surface area contributed by atoms with Gasteiger partial charge in [0.05, 0.1) is 0 Å². The first kappa shape index (κ1) is 24.5. The first-order valence-corrected chi connectivity index (χ1v) is 13.3. The van der Waals surface area contributed by atoms with Crippen LogP contribution in [0, 0.1) is 0 Å². The van der Waals surface area contributed by atoms with Gasteiger partial charge in [0.2, 0.25) is 11.8 Å². The van der Waals surface area contributed by atoms with Crippen molar-refractivity contribution in [1.82, 2.24) is 19.9 Å². The number of aryl methyl sites for hydroxylation is 1. The number of amides is 1. The number of rotatable bonds is 6. The molecule has 1 saturated heterocycles. The number of nitrogens with one attached hydrogen (secondary N) is 1. The molecule has 0 saturated carbocycles.